The molecule has 0 spiro atoms. The van der Waals surface area contributed by atoms with Crippen molar-refractivity contribution in [1.82, 2.24) is 15.5 Å². The van der Waals surface area contributed by atoms with E-state index >= 15 is 0 Å². The van der Waals surface area contributed by atoms with Gasteiger partial charge in [-0.2, -0.15) is 0 Å². The number of aliphatic hydroxyl groups excluding tert-OH is 1. The number of likely N-dealkylation sites (tertiary alicyclic amines) is 1. The summed E-state index contributed by atoms with van der Waals surface area (Å²) in [4.78, 5) is 49.2. The number of aromatic hydroxyl groups is 1. The molecule has 2 rings (SSSR count). The third kappa shape index (κ3) is 6.16. The summed E-state index contributed by atoms with van der Waals surface area (Å²) in [5.74, 6) is -3.02. The highest BCUT2D eigenvalue weighted by molar-refractivity contribution is 5.94. The number of benzene rings is 1. The summed E-state index contributed by atoms with van der Waals surface area (Å²) in [5, 5.41) is 32.2. The van der Waals surface area contributed by atoms with Gasteiger partial charge in [0, 0.05) is 6.54 Å². The minimum absolute atomic E-state index is 0.0790. The molecular weight excluding hydrogens is 396 g/mol. The van der Waals surface area contributed by atoms with Crippen molar-refractivity contribution in [3.63, 3.8) is 0 Å². The monoisotopic (exact) mass is 422 g/mol. The summed E-state index contributed by atoms with van der Waals surface area (Å²) in [6, 6.07) is 3.00. The Balaban J connectivity index is 1.97. The van der Waals surface area contributed by atoms with Gasteiger partial charge in [-0.05, 0) is 37.0 Å². The number of carbonyl (C=O) groups excluding carboxylic acids is 3. The van der Waals surface area contributed by atoms with Gasteiger partial charge in [0.25, 0.3) is 0 Å². The number of carbonyl (C=O) groups is 4. The molecule has 7 N–H and O–H groups in total. The molecule has 0 radical (unpaired) electrons. The van der Waals surface area contributed by atoms with Gasteiger partial charge in [-0.15, -0.1) is 0 Å². The number of phenols is 1. The quantitative estimate of drug-likeness (QED) is 0.262. The summed E-state index contributed by atoms with van der Waals surface area (Å²) in [6.07, 6.45) is 1.04. The Morgan fingerprint density at radius 3 is 2.47 bits per heavy atom. The number of aliphatic carboxylic acids is 1. The van der Waals surface area contributed by atoms with Crippen LogP contribution in [-0.2, 0) is 25.6 Å². The van der Waals surface area contributed by atoms with E-state index in [0.29, 0.717) is 18.4 Å². The zero-order valence-electron chi connectivity index (χ0n) is 16.3. The van der Waals surface area contributed by atoms with Crippen molar-refractivity contribution >= 4 is 23.7 Å². The molecule has 30 heavy (non-hydrogen) atoms. The first-order valence-corrected chi connectivity index (χ1v) is 9.47. The second-order valence-corrected chi connectivity index (χ2v) is 7.02. The molecule has 1 fully saturated rings. The zero-order valence-corrected chi connectivity index (χ0v) is 16.3. The van der Waals surface area contributed by atoms with Crippen LogP contribution in [0.1, 0.15) is 18.4 Å². The van der Waals surface area contributed by atoms with Crippen LogP contribution in [0, 0.1) is 0 Å². The third-order valence-corrected chi connectivity index (χ3v) is 4.78. The fourth-order valence-electron chi connectivity index (χ4n) is 3.23. The third-order valence-electron chi connectivity index (χ3n) is 4.78. The summed E-state index contributed by atoms with van der Waals surface area (Å²) in [5.41, 5.74) is 6.59. The second-order valence-electron chi connectivity index (χ2n) is 7.02. The van der Waals surface area contributed by atoms with Crippen LogP contribution in [0.3, 0.4) is 0 Å². The van der Waals surface area contributed by atoms with Gasteiger partial charge in [-0.3, -0.25) is 19.2 Å². The molecule has 1 aromatic carbocycles. The average Bonchev–Trinajstić information content (AvgIpc) is 3.21. The number of nitrogens with two attached hydrogens (primary N) is 1. The van der Waals surface area contributed by atoms with Crippen LogP contribution in [0.15, 0.2) is 24.3 Å². The Labute approximate surface area is 172 Å². The standard InChI is InChI=1S/C19H26N4O7/c20-13(8-11-3-5-12(25)6-4-11)17(28)22-14(10-24)19(30)23-7-1-2-15(23)18(29)21-9-16(26)27/h3-6,13-15,24-25H,1-2,7-10,20H2,(H,21,29)(H,22,28)(H,26,27). The maximum atomic E-state index is 12.8. The van der Waals surface area contributed by atoms with Crippen molar-refractivity contribution in [2.24, 2.45) is 5.73 Å². The first-order chi connectivity index (χ1) is 14.2. The SMILES string of the molecule is NC(Cc1ccc(O)cc1)C(=O)NC(CO)C(=O)N1CCCC1C(=O)NCC(=O)O. The average molecular weight is 422 g/mol. The fraction of sp³-hybridized carbons (Fsp3) is 0.474. The predicted molar refractivity (Wildman–Crippen MR) is 104 cm³/mol. The summed E-state index contributed by atoms with van der Waals surface area (Å²) in [7, 11) is 0. The Bertz CT molecular complexity index is 784. The molecule has 3 amide bonds. The van der Waals surface area contributed by atoms with Gasteiger partial charge >= 0.3 is 5.97 Å². The molecule has 1 aliphatic heterocycles. The van der Waals surface area contributed by atoms with E-state index in [2.05, 4.69) is 10.6 Å². The maximum absolute atomic E-state index is 12.8. The van der Waals surface area contributed by atoms with Crippen molar-refractivity contribution in [2.45, 2.75) is 37.4 Å². The molecular formula is C19H26N4O7. The Morgan fingerprint density at radius 1 is 1.20 bits per heavy atom. The number of hydrogen-bond donors (Lipinski definition) is 6. The Hall–Kier alpha value is -3.18. The minimum atomic E-state index is -1.28. The summed E-state index contributed by atoms with van der Waals surface area (Å²) in [6.45, 7) is -1.00. The number of nitrogens with zero attached hydrogens (tertiary/aromatic N) is 1. The zero-order chi connectivity index (χ0) is 22.3. The smallest absolute Gasteiger partial charge is 0.322 e. The highest BCUT2D eigenvalue weighted by atomic mass is 16.4. The number of aliphatic hydroxyl groups is 1. The molecule has 1 aromatic rings. The molecule has 11 nitrogen and oxygen atoms in total. The molecule has 0 aliphatic carbocycles. The lowest BCUT2D eigenvalue weighted by Crippen LogP contribution is -2.57. The lowest BCUT2D eigenvalue weighted by atomic mass is 10.1. The number of amides is 3. The van der Waals surface area contributed by atoms with Crippen molar-refractivity contribution < 1.29 is 34.5 Å². The molecule has 0 aromatic heterocycles. The molecule has 164 valence electrons. The number of phenolic OH excluding ortho intramolecular Hbond substituents is 1. The molecule has 1 saturated heterocycles. The van der Waals surface area contributed by atoms with Crippen LogP contribution in [0.4, 0.5) is 0 Å². The maximum Gasteiger partial charge on any atom is 0.322 e. The van der Waals surface area contributed by atoms with Gasteiger partial charge in [0.2, 0.25) is 17.7 Å². The van der Waals surface area contributed by atoms with Gasteiger partial charge in [0.15, 0.2) is 0 Å². The van der Waals surface area contributed by atoms with Gasteiger partial charge in [0.05, 0.1) is 12.6 Å². The van der Waals surface area contributed by atoms with Crippen LogP contribution in [0.2, 0.25) is 0 Å². The number of carboxylic acids is 1. The minimum Gasteiger partial charge on any atom is -0.508 e. The van der Waals surface area contributed by atoms with E-state index in [9.17, 15) is 29.4 Å². The van der Waals surface area contributed by atoms with E-state index in [0.717, 1.165) is 0 Å². The normalized spacial score (nSPS) is 17.8. The molecule has 0 bridgehead atoms. The number of rotatable bonds is 9. The molecule has 3 atom stereocenters. The van der Waals surface area contributed by atoms with Crippen LogP contribution >= 0.6 is 0 Å². The van der Waals surface area contributed by atoms with E-state index in [-0.39, 0.29) is 18.7 Å². The second kappa shape index (κ2) is 10.6. The number of carboxylic acid groups (broad SMARTS) is 1. The summed E-state index contributed by atoms with van der Waals surface area (Å²) < 4.78 is 0. The van der Waals surface area contributed by atoms with Crippen molar-refractivity contribution in [3.05, 3.63) is 29.8 Å². The van der Waals surface area contributed by atoms with Crippen molar-refractivity contribution in [3.8, 4) is 5.75 Å². The molecule has 1 aliphatic rings. The van der Waals surface area contributed by atoms with Gasteiger partial charge in [0.1, 0.15) is 24.4 Å². The predicted octanol–water partition coefficient (Wildman–Crippen LogP) is -2.07. The highest BCUT2D eigenvalue weighted by Crippen LogP contribution is 2.18. The van der Waals surface area contributed by atoms with Gasteiger partial charge in [-0.1, -0.05) is 12.1 Å². The fourth-order valence-corrected chi connectivity index (χ4v) is 3.23. The first-order valence-electron chi connectivity index (χ1n) is 9.47. The Kier molecular flexibility index (Phi) is 8.13. The van der Waals surface area contributed by atoms with E-state index < -0.39 is 55.0 Å². The van der Waals surface area contributed by atoms with E-state index in [4.69, 9.17) is 10.8 Å². The number of hydrogen-bond acceptors (Lipinski definition) is 7. The Morgan fingerprint density at radius 2 is 1.87 bits per heavy atom. The molecule has 0 saturated carbocycles. The first kappa shape index (κ1) is 23.1. The molecule has 1 heterocycles. The van der Waals surface area contributed by atoms with E-state index in [1.807, 2.05) is 0 Å². The van der Waals surface area contributed by atoms with Crippen molar-refractivity contribution in [1.29, 1.82) is 0 Å². The van der Waals surface area contributed by atoms with E-state index in [1.54, 1.807) is 12.1 Å². The van der Waals surface area contributed by atoms with Crippen molar-refractivity contribution in [2.75, 3.05) is 19.7 Å². The largest absolute Gasteiger partial charge is 0.508 e. The van der Waals surface area contributed by atoms with Crippen LogP contribution in [-0.4, -0.2) is 81.7 Å². The van der Waals surface area contributed by atoms with Gasteiger partial charge < -0.3 is 36.6 Å². The molecule has 3 unspecified atom stereocenters. The van der Waals surface area contributed by atoms with Crippen LogP contribution < -0.4 is 16.4 Å². The van der Waals surface area contributed by atoms with Crippen LogP contribution in [0.25, 0.3) is 0 Å². The highest BCUT2D eigenvalue weighted by Gasteiger charge is 2.37. The van der Waals surface area contributed by atoms with E-state index in [1.165, 1.54) is 17.0 Å². The lowest BCUT2D eigenvalue weighted by molar-refractivity contribution is -0.143. The van der Waals surface area contributed by atoms with Gasteiger partial charge in [-0.25, -0.2) is 0 Å². The van der Waals surface area contributed by atoms with Crippen LogP contribution in [0.5, 0.6) is 5.75 Å². The summed E-state index contributed by atoms with van der Waals surface area (Å²) >= 11 is 0. The lowest BCUT2D eigenvalue weighted by Gasteiger charge is -2.28. The topological polar surface area (TPSA) is 182 Å². The number of nitrogens with one attached hydrogen (secondary N) is 2. The molecule has 11 heteroatoms.